The van der Waals surface area contributed by atoms with Crippen LogP contribution >= 0.6 is 11.3 Å². The van der Waals surface area contributed by atoms with Crippen molar-refractivity contribution in [2.24, 2.45) is 5.73 Å². The fourth-order valence-corrected chi connectivity index (χ4v) is 2.37. The van der Waals surface area contributed by atoms with Crippen LogP contribution < -0.4 is 5.73 Å². The van der Waals surface area contributed by atoms with Gasteiger partial charge in [0.15, 0.2) is 0 Å². The Labute approximate surface area is 102 Å². The number of ether oxygens (including phenoxy) is 1. The molecule has 16 heavy (non-hydrogen) atoms. The van der Waals surface area contributed by atoms with Crippen molar-refractivity contribution < 1.29 is 4.74 Å². The summed E-state index contributed by atoms with van der Waals surface area (Å²) < 4.78 is 5.33. The van der Waals surface area contributed by atoms with Gasteiger partial charge >= 0.3 is 0 Å². The van der Waals surface area contributed by atoms with Gasteiger partial charge in [0.2, 0.25) is 0 Å². The third-order valence-corrected chi connectivity index (χ3v) is 3.97. The van der Waals surface area contributed by atoms with Gasteiger partial charge in [0.1, 0.15) is 0 Å². The van der Waals surface area contributed by atoms with Crippen molar-refractivity contribution in [3.63, 3.8) is 0 Å². The first-order valence-corrected chi connectivity index (χ1v) is 6.77. The number of aromatic nitrogens is 1. The predicted molar refractivity (Wildman–Crippen MR) is 69.0 cm³/mol. The van der Waals surface area contributed by atoms with Crippen LogP contribution in [-0.2, 0) is 16.6 Å². The molecule has 0 aliphatic carbocycles. The van der Waals surface area contributed by atoms with E-state index >= 15 is 0 Å². The Kier molecular flexibility index (Phi) is 5.38. The van der Waals surface area contributed by atoms with Gasteiger partial charge in [-0.2, -0.15) is 0 Å². The molecule has 1 aromatic rings. The van der Waals surface area contributed by atoms with Crippen LogP contribution in [0.3, 0.4) is 0 Å². The molecule has 0 amide bonds. The zero-order valence-electron chi connectivity index (χ0n) is 10.5. The van der Waals surface area contributed by atoms with E-state index in [9.17, 15) is 0 Å². The molecular weight excluding hydrogens is 220 g/mol. The molecule has 4 heteroatoms. The van der Waals surface area contributed by atoms with Gasteiger partial charge in [0, 0.05) is 30.4 Å². The van der Waals surface area contributed by atoms with Crippen molar-refractivity contribution in [2.45, 2.75) is 39.0 Å². The molecule has 0 bridgehead atoms. The predicted octanol–water partition coefficient (Wildman–Crippen LogP) is 2.35. The Morgan fingerprint density at radius 2 is 2.25 bits per heavy atom. The monoisotopic (exact) mass is 242 g/mol. The Balaban J connectivity index is 2.63. The molecule has 92 valence electrons. The van der Waals surface area contributed by atoms with Crippen molar-refractivity contribution in [3.8, 4) is 0 Å². The maximum atomic E-state index is 5.82. The van der Waals surface area contributed by atoms with Crippen molar-refractivity contribution in [1.29, 1.82) is 0 Å². The van der Waals surface area contributed by atoms with E-state index < -0.39 is 0 Å². The minimum absolute atomic E-state index is 0.0281. The van der Waals surface area contributed by atoms with Crippen LogP contribution in [0.5, 0.6) is 0 Å². The lowest BCUT2D eigenvalue weighted by atomic mass is 9.85. The summed E-state index contributed by atoms with van der Waals surface area (Å²) in [5.41, 5.74) is 6.98. The summed E-state index contributed by atoms with van der Waals surface area (Å²) in [5, 5.41) is 3.29. The minimum atomic E-state index is 0.0281. The lowest BCUT2D eigenvalue weighted by molar-refractivity contribution is 0.151. The molecule has 1 heterocycles. The average Bonchev–Trinajstić information content (AvgIpc) is 2.78. The highest BCUT2D eigenvalue weighted by Gasteiger charge is 2.25. The van der Waals surface area contributed by atoms with E-state index in [0.29, 0.717) is 6.54 Å². The third-order valence-electron chi connectivity index (χ3n) is 3.07. The number of thiazole rings is 1. The van der Waals surface area contributed by atoms with E-state index in [2.05, 4.69) is 24.2 Å². The summed E-state index contributed by atoms with van der Waals surface area (Å²) in [6.45, 7) is 8.52. The van der Waals surface area contributed by atoms with E-state index in [1.54, 1.807) is 11.3 Å². The minimum Gasteiger partial charge on any atom is -0.381 e. The average molecular weight is 242 g/mol. The Hall–Kier alpha value is -0.450. The van der Waals surface area contributed by atoms with Crippen molar-refractivity contribution in [3.05, 3.63) is 16.1 Å². The van der Waals surface area contributed by atoms with Gasteiger partial charge in [-0.1, -0.05) is 13.8 Å². The summed E-state index contributed by atoms with van der Waals surface area (Å²) in [6.07, 6.45) is 1.93. The normalized spacial score (nSPS) is 15.0. The number of rotatable bonds is 7. The van der Waals surface area contributed by atoms with Crippen LogP contribution in [0.4, 0.5) is 0 Å². The first kappa shape index (κ1) is 13.6. The van der Waals surface area contributed by atoms with Gasteiger partial charge in [0.25, 0.3) is 0 Å². The lowest BCUT2D eigenvalue weighted by Gasteiger charge is -2.23. The molecule has 2 N–H and O–H groups in total. The number of hydrogen-bond acceptors (Lipinski definition) is 4. The van der Waals surface area contributed by atoms with Crippen molar-refractivity contribution in [2.75, 3.05) is 19.8 Å². The third kappa shape index (κ3) is 3.27. The molecular formula is C12H22N2OS. The zero-order chi connectivity index (χ0) is 12.0. The number of hydrogen-bond donors (Lipinski definition) is 1. The number of nitrogens with two attached hydrogens (primary N) is 1. The molecule has 1 rings (SSSR count). The molecule has 0 fully saturated rings. The van der Waals surface area contributed by atoms with E-state index in [-0.39, 0.29) is 5.41 Å². The Morgan fingerprint density at radius 3 is 2.81 bits per heavy atom. The van der Waals surface area contributed by atoms with Crippen LogP contribution in [0.1, 0.15) is 37.9 Å². The molecule has 0 aliphatic heterocycles. The molecule has 1 atom stereocenters. The molecule has 0 radical (unpaired) electrons. The molecule has 3 nitrogen and oxygen atoms in total. The van der Waals surface area contributed by atoms with Crippen LogP contribution in [0.25, 0.3) is 0 Å². The molecule has 0 aliphatic rings. The molecule has 0 saturated carbocycles. The standard InChI is InChI=1S/C12H22N2OS/c1-4-12(3,9-13)10-8-16-11(14-10)6-7-15-5-2/h8H,4-7,9,13H2,1-3H3. The van der Waals surface area contributed by atoms with Gasteiger partial charge in [-0.25, -0.2) is 4.98 Å². The van der Waals surface area contributed by atoms with E-state index in [1.165, 1.54) is 0 Å². The highest BCUT2D eigenvalue weighted by Crippen LogP contribution is 2.27. The Morgan fingerprint density at radius 1 is 1.50 bits per heavy atom. The van der Waals surface area contributed by atoms with Crippen LogP contribution in [-0.4, -0.2) is 24.7 Å². The Bertz CT molecular complexity index is 308. The first-order chi connectivity index (χ1) is 7.66. The topological polar surface area (TPSA) is 48.1 Å². The van der Waals surface area contributed by atoms with Gasteiger partial charge in [-0.15, -0.1) is 11.3 Å². The van der Waals surface area contributed by atoms with Crippen LogP contribution in [0.15, 0.2) is 5.38 Å². The second-order valence-electron chi connectivity index (χ2n) is 4.19. The van der Waals surface area contributed by atoms with Gasteiger partial charge in [0.05, 0.1) is 17.3 Å². The molecule has 1 aromatic heterocycles. The van der Waals surface area contributed by atoms with Gasteiger partial charge in [-0.05, 0) is 13.3 Å². The van der Waals surface area contributed by atoms with Gasteiger partial charge < -0.3 is 10.5 Å². The summed E-state index contributed by atoms with van der Waals surface area (Å²) in [5.74, 6) is 0. The second-order valence-corrected chi connectivity index (χ2v) is 5.13. The highest BCUT2D eigenvalue weighted by atomic mass is 32.1. The highest BCUT2D eigenvalue weighted by molar-refractivity contribution is 7.09. The quantitative estimate of drug-likeness (QED) is 0.747. The summed E-state index contributed by atoms with van der Waals surface area (Å²) in [7, 11) is 0. The van der Waals surface area contributed by atoms with E-state index in [4.69, 9.17) is 10.5 Å². The fraction of sp³-hybridized carbons (Fsp3) is 0.750. The van der Waals surface area contributed by atoms with E-state index in [1.807, 2.05) is 6.92 Å². The smallest absolute Gasteiger partial charge is 0.0951 e. The molecule has 0 spiro atoms. The molecule has 1 unspecified atom stereocenters. The SMILES string of the molecule is CCOCCc1nc(C(C)(CC)CN)cs1. The summed E-state index contributed by atoms with van der Waals surface area (Å²) in [6, 6.07) is 0. The maximum Gasteiger partial charge on any atom is 0.0951 e. The molecule has 0 saturated heterocycles. The first-order valence-electron chi connectivity index (χ1n) is 5.89. The van der Waals surface area contributed by atoms with Gasteiger partial charge in [-0.3, -0.25) is 0 Å². The van der Waals surface area contributed by atoms with Crippen LogP contribution in [0, 0.1) is 0 Å². The summed E-state index contributed by atoms with van der Waals surface area (Å²) >= 11 is 1.71. The van der Waals surface area contributed by atoms with Crippen LogP contribution in [0.2, 0.25) is 0 Å². The van der Waals surface area contributed by atoms with E-state index in [0.717, 1.165) is 36.8 Å². The van der Waals surface area contributed by atoms with Crippen molar-refractivity contribution in [1.82, 2.24) is 4.98 Å². The summed E-state index contributed by atoms with van der Waals surface area (Å²) in [4.78, 5) is 4.65. The number of nitrogens with zero attached hydrogens (tertiary/aromatic N) is 1. The maximum absolute atomic E-state index is 5.82. The fourth-order valence-electron chi connectivity index (χ4n) is 1.44. The largest absolute Gasteiger partial charge is 0.381 e. The van der Waals surface area contributed by atoms with Crippen molar-refractivity contribution >= 4 is 11.3 Å². The molecule has 0 aromatic carbocycles. The zero-order valence-corrected chi connectivity index (χ0v) is 11.3. The second kappa shape index (κ2) is 6.33. The lowest BCUT2D eigenvalue weighted by Crippen LogP contribution is -2.31.